The van der Waals surface area contributed by atoms with Crippen LogP contribution in [0.5, 0.6) is 0 Å². The Kier molecular flexibility index (Phi) is 3.52. The lowest BCUT2D eigenvalue weighted by Crippen LogP contribution is -2.52. The topological polar surface area (TPSA) is 98.2 Å². The van der Waals surface area contributed by atoms with Crippen molar-refractivity contribution in [1.82, 2.24) is 15.2 Å². The zero-order chi connectivity index (χ0) is 17.8. The van der Waals surface area contributed by atoms with E-state index in [0.29, 0.717) is 30.1 Å². The fourth-order valence-electron chi connectivity index (χ4n) is 4.07. The van der Waals surface area contributed by atoms with Gasteiger partial charge in [-0.3, -0.25) is 10.1 Å². The molecule has 0 radical (unpaired) electrons. The Hall–Kier alpha value is -2.51. The van der Waals surface area contributed by atoms with Crippen LogP contribution >= 0.6 is 0 Å². The lowest BCUT2D eigenvalue weighted by atomic mass is 9.67. The number of fused-ring (bicyclic) bond motifs is 1. The number of nitro groups is 1. The maximum Gasteiger partial charge on any atom is 0.311 e. The Labute approximate surface area is 145 Å². The zero-order valence-electron chi connectivity index (χ0n) is 14.6. The lowest BCUT2D eigenvalue weighted by molar-refractivity contribution is -0.384. The van der Waals surface area contributed by atoms with Gasteiger partial charge in [-0.2, -0.15) is 0 Å². The van der Waals surface area contributed by atoms with E-state index in [2.05, 4.69) is 15.2 Å². The quantitative estimate of drug-likeness (QED) is 0.620. The molecule has 0 unspecified atom stereocenters. The zero-order valence-corrected chi connectivity index (χ0v) is 14.6. The summed E-state index contributed by atoms with van der Waals surface area (Å²) in [6.45, 7) is 6.53. The summed E-state index contributed by atoms with van der Waals surface area (Å²) in [6.07, 6.45) is 4.54. The van der Waals surface area contributed by atoms with E-state index in [1.165, 1.54) is 0 Å². The number of pyridine rings is 1. The SMILES string of the molecule is Cc1cnc(N2CC[C@@H]3CC[C@@]32c2nnc(C(C)C)o2)c([N+](=O)[O-])c1. The Bertz CT molecular complexity index is 833. The second-order valence-electron chi connectivity index (χ2n) is 7.31. The molecule has 2 atom stereocenters. The molecule has 0 amide bonds. The van der Waals surface area contributed by atoms with Gasteiger partial charge >= 0.3 is 5.69 Å². The summed E-state index contributed by atoms with van der Waals surface area (Å²) in [4.78, 5) is 17.6. The molecule has 0 bridgehead atoms. The molecule has 1 aliphatic heterocycles. The van der Waals surface area contributed by atoms with Gasteiger partial charge in [-0.1, -0.05) is 13.8 Å². The average molecular weight is 343 g/mol. The third-order valence-electron chi connectivity index (χ3n) is 5.47. The van der Waals surface area contributed by atoms with Crippen molar-refractivity contribution in [2.75, 3.05) is 11.4 Å². The number of rotatable bonds is 4. The summed E-state index contributed by atoms with van der Waals surface area (Å²) in [7, 11) is 0. The van der Waals surface area contributed by atoms with Crippen LogP contribution in [0.2, 0.25) is 0 Å². The van der Waals surface area contributed by atoms with Gasteiger partial charge in [0.1, 0.15) is 5.54 Å². The third-order valence-corrected chi connectivity index (χ3v) is 5.47. The van der Waals surface area contributed by atoms with Crippen LogP contribution in [0.4, 0.5) is 11.5 Å². The molecule has 8 heteroatoms. The van der Waals surface area contributed by atoms with Gasteiger partial charge < -0.3 is 9.32 Å². The molecule has 0 aromatic carbocycles. The number of nitrogens with zero attached hydrogens (tertiary/aromatic N) is 5. The fourth-order valence-corrected chi connectivity index (χ4v) is 4.07. The van der Waals surface area contributed by atoms with Crippen molar-refractivity contribution in [2.45, 2.75) is 51.5 Å². The van der Waals surface area contributed by atoms with Crippen molar-refractivity contribution >= 4 is 11.5 Å². The third kappa shape index (κ3) is 2.23. The van der Waals surface area contributed by atoms with Crippen LogP contribution in [0.15, 0.2) is 16.7 Å². The number of aryl methyl sites for hydroxylation is 1. The van der Waals surface area contributed by atoms with Crippen molar-refractivity contribution in [3.05, 3.63) is 39.7 Å². The molecule has 2 aromatic rings. The first-order valence-corrected chi connectivity index (χ1v) is 8.66. The first-order valence-electron chi connectivity index (χ1n) is 8.66. The Balaban J connectivity index is 1.81. The van der Waals surface area contributed by atoms with Gasteiger partial charge in [-0.15, -0.1) is 10.2 Å². The van der Waals surface area contributed by atoms with Gasteiger partial charge in [0.2, 0.25) is 17.6 Å². The molecular formula is C17H21N5O3. The maximum absolute atomic E-state index is 11.6. The van der Waals surface area contributed by atoms with Crippen LogP contribution in [0.3, 0.4) is 0 Å². The van der Waals surface area contributed by atoms with Crippen LogP contribution in [0.1, 0.15) is 56.4 Å². The molecular weight excluding hydrogens is 322 g/mol. The summed E-state index contributed by atoms with van der Waals surface area (Å²) in [6, 6.07) is 1.58. The minimum absolute atomic E-state index is 0.0375. The molecule has 132 valence electrons. The Morgan fingerprint density at radius 1 is 1.40 bits per heavy atom. The summed E-state index contributed by atoms with van der Waals surface area (Å²) in [5.41, 5.74) is 0.358. The van der Waals surface area contributed by atoms with Gasteiger partial charge in [0.05, 0.1) is 4.92 Å². The molecule has 1 saturated heterocycles. The van der Waals surface area contributed by atoms with E-state index in [4.69, 9.17) is 4.42 Å². The van der Waals surface area contributed by atoms with E-state index in [-0.39, 0.29) is 16.5 Å². The first-order chi connectivity index (χ1) is 11.9. The van der Waals surface area contributed by atoms with Gasteiger partial charge in [-0.05, 0) is 37.7 Å². The monoisotopic (exact) mass is 343 g/mol. The Morgan fingerprint density at radius 3 is 2.80 bits per heavy atom. The van der Waals surface area contributed by atoms with Gasteiger partial charge in [-0.25, -0.2) is 4.98 Å². The van der Waals surface area contributed by atoms with Crippen LogP contribution in [-0.4, -0.2) is 26.6 Å². The van der Waals surface area contributed by atoms with Crippen molar-refractivity contribution in [2.24, 2.45) is 5.92 Å². The average Bonchev–Trinajstić information content (AvgIpc) is 3.11. The molecule has 1 saturated carbocycles. The highest BCUT2D eigenvalue weighted by Gasteiger charge is 2.61. The Morgan fingerprint density at radius 2 is 2.20 bits per heavy atom. The van der Waals surface area contributed by atoms with E-state index in [9.17, 15) is 10.1 Å². The van der Waals surface area contributed by atoms with E-state index >= 15 is 0 Å². The highest BCUT2D eigenvalue weighted by molar-refractivity contribution is 5.62. The highest BCUT2D eigenvalue weighted by Crippen LogP contribution is 2.58. The molecule has 2 aromatic heterocycles. The summed E-state index contributed by atoms with van der Waals surface area (Å²) in [5, 5.41) is 20.0. The van der Waals surface area contributed by atoms with Crippen LogP contribution in [-0.2, 0) is 5.54 Å². The van der Waals surface area contributed by atoms with E-state index < -0.39 is 5.54 Å². The van der Waals surface area contributed by atoms with E-state index in [1.807, 2.05) is 25.7 Å². The molecule has 1 aliphatic carbocycles. The van der Waals surface area contributed by atoms with Crippen molar-refractivity contribution in [3.8, 4) is 0 Å². The predicted octanol–water partition coefficient (Wildman–Crippen LogP) is 3.32. The molecule has 8 nitrogen and oxygen atoms in total. The summed E-state index contributed by atoms with van der Waals surface area (Å²) < 4.78 is 5.97. The summed E-state index contributed by atoms with van der Waals surface area (Å²) >= 11 is 0. The normalized spacial score (nSPS) is 25.1. The largest absolute Gasteiger partial charge is 0.422 e. The second-order valence-corrected chi connectivity index (χ2v) is 7.31. The molecule has 25 heavy (non-hydrogen) atoms. The van der Waals surface area contributed by atoms with Crippen LogP contribution < -0.4 is 4.90 Å². The predicted molar refractivity (Wildman–Crippen MR) is 90.4 cm³/mol. The van der Waals surface area contributed by atoms with E-state index in [1.54, 1.807) is 12.3 Å². The van der Waals surface area contributed by atoms with E-state index in [0.717, 1.165) is 24.8 Å². The fraction of sp³-hybridized carbons (Fsp3) is 0.588. The summed E-state index contributed by atoms with van der Waals surface area (Å²) in [5.74, 6) is 2.10. The minimum Gasteiger partial charge on any atom is -0.422 e. The smallest absolute Gasteiger partial charge is 0.311 e. The van der Waals surface area contributed by atoms with Crippen molar-refractivity contribution < 1.29 is 9.34 Å². The lowest BCUT2D eigenvalue weighted by Gasteiger charge is -2.47. The standard InChI is InChI=1S/C17H21N5O3/c1-10(2)15-19-20-16(25-15)17-6-4-12(17)5-7-21(17)14-13(22(23)24)8-11(3)9-18-14/h8-10,12H,4-7H2,1-3H3/t12-,17-/m0/s1. The molecule has 4 rings (SSSR count). The number of aromatic nitrogens is 3. The molecule has 2 fully saturated rings. The molecule has 0 spiro atoms. The molecule has 2 aliphatic rings. The van der Waals surface area contributed by atoms with Gasteiger partial charge in [0.25, 0.3) is 0 Å². The van der Waals surface area contributed by atoms with Crippen molar-refractivity contribution in [1.29, 1.82) is 0 Å². The van der Waals surface area contributed by atoms with Gasteiger partial charge in [0, 0.05) is 24.7 Å². The van der Waals surface area contributed by atoms with Crippen molar-refractivity contribution in [3.63, 3.8) is 0 Å². The van der Waals surface area contributed by atoms with Gasteiger partial charge in [0.15, 0.2) is 0 Å². The number of anilines is 1. The van der Waals surface area contributed by atoms with Crippen LogP contribution in [0.25, 0.3) is 0 Å². The highest BCUT2D eigenvalue weighted by atomic mass is 16.6. The minimum atomic E-state index is -0.451. The number of hydrogen-bond acceptors (Lipinski definition) is 7. The van der Waals surface area contributed by atoms with Crippen LogP contribution in [0, 0.1) is 23.0 Å². The molecule has 3 heterocycles. The number of hydrogen-bond donors (Lipinski definition) is 0. The maximum atomic E-state index is 11.6. The second kappa shape index (κ2) is 5.50. The molecule has 0 N–H and O–H groups in total. The first kappa shape index (κ1) is 16.0.